The van der Waals surface area contributed by atoms with Crippen LogP contribution < -0.4 is 0 Å². The molecule has 8 aromatic heterocycles. The number of aromatic nitrogens is 4. The molecule has 0 saturated heterocycles. The molecule has 0 unspecified atom stereocenters. The van der Waals surface area contributed by atoms with E-state index in [1.54, 1.807) is 70.5 Å². The fourth-order valence-corrected chi connectivity index (χ4v) is 19.4. The molecule has 0 radical (unpaired) electrons. The zero-order valence-electron chi connectivity index (χ0n) is 72.4. The fraction of sp³-hybridized carbons (Fsp3) is 0.295. The lowest BCUT2D eigenvalue weighted by Gasteiger charge is -2.02. The number of nitrogens with zero attached hydrogens (tertiary/aromatic N) is 12. The molecule has 44 heteroatoms. The summed E-state index contributed by atoms with van der Waals surface area (Å²) in [6.45, 7) is 19.9. The van der Waals surface area contributed by atoms with E-state index >= 15 is 0 Å². The van der Waals surface area contributed by atoms with E-state index in [1.165, 1.54) is 77.6 Å². The number of fused-ring (bicyclic) bond motifs is 1. The van der Waals surface area contributed by atoms with Crippen molar-refractivity contribution in [2.75, 3.05) is 39.6 Å². The van der Waals surface area contributed by atoms with Gasteiger partial charge in [-0.2, -0.15) is 0 Å². The largest absolute Gasteiger partial charge is 0.327 e. The van der Waals surface area contributed by atoms with Gasteiger partial charge in [-0.25, -0.2) is 19.9 Å². The van der Waals surface area contributed by atoms with E-state index in [9.17, 15) is 80.9 Å². The van der Waals surface area contributed by atoms with Gasteiger partial charge in [0.1, 0.15) is 66.3 Å². The van der Waals surface area contributed by atoms with Crippen LogP contribution in [0.15, 0.2) is 187 Å². The van der Waals surface area contributed by atoms with Crippen LogP contribution in [0.5, 0.6) is 0 Å². The highest BCUT2D eigenvalue weighted by molar-refractivity contribution is 7.19. The Morgan fingerprint density at radius 1 is 0.333 bits per heavy atom. The summed E-state index contributed by atoms with van der Waals surface area (Å²) in [5.74, 6) is 0. The van der Waals surface area contributed by atoms with Crippen molar-refractivity contribution in [3.8, 4) is 53.5 Å². The van der Waals surface area contributed by atoms with Crippen LogP contribution >= 0.6 is 102 Å². The molecule has 35 nitrogen and oxygen atoms in total. The first-order valence-electron chi connectivity index (χ1n) is 39.7. The van der Waals surface area contributed by atoms with E-state index in [-0.39, 0.29) is 58.7 Å². The first-order valence-corrected chi connectivity index (χ1v) is 46.7. The number of rotatable bonds is 35. The Labute approximate surface area is 795 Å². The number of hydrogen-bond acceptors (Lipinski definition) is 35. The molecule has 8 heterocycles. The SMILES string of the molecule is C.CCCc1cc2ccccc2s1.Cc1cc(CCO[N+](=O)[O-])sc1[N+](=O)[O-].Cc1ccc(-c2nc(C)c(CCO[N+](=O)[O-])s2)cc1.Cc1ccc(-c2nc(C)c(CCO[N+](=O)[O-])s2)cc1.Cc1ccc(-c2nc(C)c(CO[N+](=O)[O-])s2)cc1.Cc1ccc(CCO[N+](=O)[O-])s1.Cc1csc(CCO[N+](=O)[O-])c1.O=[N+]([O-])OCCc1sc(-c2ccccc2)nc1-c1ccc(Cl)cc1. The minimum atomic E-state index is -0.880. The molecule has 0 fully saturated rings. The van der Waals surface area contributed by atoms with Gasteiger partial charge in [-0.15, -0.1) is 150 Å². The lowest BCUT2D eigenvalue weighted by atomic mass is 10.1. The molecular weight excluding hydrogens is 1890 g/mol. The summed E-state index contributed by atoms with van der Waals surface area (Å²) in [5.41, 5.74) is 13.9. The number of thiazole rings is 4. The summed E-state index contributed by atoms with van der Waals surface area (Å²) in [6, 6.07) is 60.0. The summed E-state index contributed by atoms with van der Waals surface area (Å²) >= 11 is 18.2. The average Bonchev–Trinajstić information content (AvgIpc) is 1.66. The minimum absolute atomic E-state index is 0. The fourth-order valence-electron chi connectivity index (χ4n) is 11.3. The molecule has 14 aromatic rings. The number of hydrogen-bond donors (Lipinski definition) is 0. The van der Waals surface area contributed by atoms with Crippen LogP contribution in [0.25, 0.3) is 63.6 Å². The second-order valence-corrected chi connectivity index (χ2v) is 37.2. The first kappa shape index (κ1) is 108. The van der Waals surface area contributed by atoms with Gasteiger partial charge in [-0.3, -0.25) is 10.1 Å². The first-order chi connectivity index (χ1) is 62.6. The quantitative estimate of drug-likeness (QED) is 0.0263. The minimum Gasteiger partial charge on any atom is -0.314 e. The van der Waals surface area contributed by atoms with Crippen molar-refractivity contribution in [2.24, 2.45) is 0 Å². The third-order valence-corrected chi connectivity index (χ3v) is 27.3. The maximum atomic E-state index is 10.5. The van der Waals surface area contributed by atoms with Crippen molar-refractivity contribution in [1.29, 1.82) is 0 Å². The van der Waals surface area contributed by atoms with Crippen LogP contribution in [-0.2, 0) is 85.4 Å². The summed E-state index contributed by atoms with van der Waals surface area (Å²) in [4.78, 5) is 138. The normalized spacial score (nSPS) is 10.2. The molecule has 0 aliphatic carbocycles. The van der Waals surface area contributed by atoms with Crippen LogP contribution in [0.2, 0.25) is 5.02 Å². The third-order valence-electron chi connectivity index (χ3n) is 17.6. The number of thiophene rings is 4. The number of halogens is 1. The van der Waals surface area contributed by atoms with Gasteiger partial charge in [0.05, 0.1) is 32.6 Å². The maximum Gasteiger partial charge on any atom is 0.327 e. The number of nitro groups is 1. The van der Waals surface area contributed by atoms with Crippen LogP contribution in [0.3, 0.4) is 0 Å². The highest BCUT2D eigenvalue weighted by atomic mass is 35.5. The van der Waals surface area contributed by atoms with Crippen LogP contribution in [0.4, 0.5) is 5.00 Å². The van der Waals surface area contributed by atoms with Crippen molar-refractivity contribution < 1.29 is 74.4 Å². The van der Waals surface area contributed by atoms with E-state index in [1.807, 2.05) is 206 Å². The van der Waals surface area contributed by atoms with Crippen LogP contribution in [0.1, 0.15) is 110 Å². The summed E-state index contributed by atoms with van der Waals surface area (Å²) in [7, 11) is 0. The van der Waals surface area contributed by atoms with Crippen molar-refractivity contribution in [3.63, 3.8) is 0 Å². The summed E-state index contributed by atoms with van der Waals surface area (Å²) < 4.78 is 1.42. The molecule has 0 N–H and O–H groups in total. The maximum absolute atomic E-state index is 10.5. The number of benzene rings is 6. The molecule has 0 amide bonds. The number of aryl methyl sites for hydroxylation is 10. The van der Waals surface area contributed by atoms with Gasteiger partial charge in [-0.05, 0) is 134 Å². The lowest BCUT2D eigenvalue weighted by Crippen LogP contribution is -2.04. The highest BCUT2D eigenvalue weighted by Crippen LogP contribution is 2.37. The second kappa shape index (κ2) is 56.5. The molecule has 0 spiro atoms. The summed E-state index contributed by atoms with van der Waals surface area (Å²) in [6.07, 6.45) is 5.43. The Hall–Kier alpha value is -13.0. The van der Waals surface area contributed by atoms with Gasteiger partial charge in [0.2, 0.25) is 0 Å². The van der Waals surface area contributed by atoms with Crippen molar-refractivity contribution in [1.82, 2.24) is 19.9 Å². The Morgan fingerprint density at radius 2 is 0.712 bits per heavy atom. The van der Waals surface area contributed by atoms with Gasteiger partial charge in [-0.1, -0.05) is 194 Å². The van der Waals surface area contributed by atoms with Crippen LogP contribution in [0, 0.1) is 143 Å². The summed E-state index contributed by atoms with van der Waals surface area (Å²) in [5, 5.41) is 82.9. The smallest absolute Gasteiger partial charge is 0.314 e. The topological polar surface area (TPSA) is 461 Å². The van der Waals surface area contributed by atoms with E-state index in [0.29, 0.717) is 54.0 Å². The van der Waals surface area contributed by atoms with Crippen LogP contribution in [-0.4, -0.2) is 100 Å². The Kier molecular flexibility index (Phi) is 46.2. The van der Waals surface area contributed by atoms with Gasteiger partial charge in [0.15, 0.2) is 0 Å². The molecule has 0 aliphatic rings. The predicted molar refractivity (Wildman–Crippen MR) is 517 cm³/mol. The average molecular weight is 1980 g/mol. The van der Waals surface area contributed by atoms with E-state index in [0.717, 1.165) is 111 Å². The molecule has 0 bridgehead atoms. The Bertz CT molecular complexity index is 5790. The Balaban J connectivity index is 0.000000234. The Morgan fingerprint density at radius 3 is 1.12 bits per heavy atom. The van der Waals surface area contributed by atoms with Gasteiger partial charge in [0, 0.05) is 121 Å². The highest BCUT2D eigenvalue weighted by Gasteiger charge is 2.19. The molecule has 0 atom stereocenters. The standard InChI is InChI=1S/C17H13ClN2O3S.2C13H14N2O3S.C12H12N2O3S.C11H12S.C7H8N2O5S.2C7H9NO3S.CH4/c18-14-8-6-12(7-9-14)16-15(10-11-23-20(21)22)24-17(19-16)13-4-2-1-3-5-13;2*1-9-3-5-11(6-4-9)13-14-10(2)12(19-13)7-8-18-15(16)17;1-8-3-5-10(6-4-8)12-13-9(2)11(18-12)7-17-14(15)16;1-2-5-10-8-9-6-3-4-7-11(9)12-10;1-5-4-6(2-3-14-9(12)13)15-7(5)8(10)11;1-6-4-7(12-5-6)2-3-11-8(9)10;1-6-2-3-7(12-6)4-5-11-8(9)10;/h1-9H,10-11H2;2*3-6H,7-8H2,1-2H3;3-6H,7H2,1-2H3;3-4,6-8H,2,5H2,1H3;4H,2-3H2,1H3;4-5H,2-3H2,1H3;2-3H,4-5H2,1H3;1H4. The molecular formula is C88H95ClN12O23S8. The van der Waals surface area contributed by atoms with Crippen molar-refractivity contribution in [2.45, 2.75) is 135 Å². The second-order valence-electron chi connectivity index (χ2n) is 27.7. The molecule has 14 rings (SSSR count). The van der Waals surface area contributed by atoms with Gasteiger partial charge < -0.3 is 33.9 Å². The van der Waals surface area contributed by atoms with Crippen molar-refractivity contribution >= 4 is 117 Å². The van der Waals surface area contributed by atoms with E-state index < -0.39 is 40.5 Å². The molecule has 0 aliphatic heterocycles. The molecule has 0 saturated carbocycles. The van der Waals surface area contributed by atoms with E-state index in [4.69, 9.17) is 16.6 Å². The monoisotopic (exact) mass is 1980 g/mol. The van der Waals surface area contributed by atoms with E-state index in [2.05, 4.69) is 86.1 Å². The van der Waals surface area contributed by atoms with Crippen molar-refractivity contribution in [3.05, 3.63) is 362 Å². The molecule has 132 heavy (non-hydrogen) atoms. The lowest BCUT2D eigenvalue weighted by molar-refractivity contribution is -0.762. The van der Waals surface area contributed by atoms with Gasteiger partial charge in [0.25, 0.3) is 35.6 Å². The molecule has 6 aromatic carbocycles. The van der Waals surface area contributed by atoms with Gasteiger partial charge >= 0.3 is 5.00 Å². The zero-order valence-corrected chi connectivity index (χ0v) is 79.7. The zero-order chi connectivity index (χ0) is 95.5. The third kappa shape index (κ3) is 39.4. The molecule has 700 valence electrons. The predicted octanol–water partition coefficient (Wildman–Crippen LogP) is 24.2.